The lowest BCUT2D eigenvalue weighted by Gasteiger charge is -2.42. The smallest absolute Gasteiger partial charge is 0.173 e. The van der Waals surface area contributed by atoms with E-state index in [4.69, 9.17) is 21.7 Å². The molecule has 7 heteroatoms. The minimum Gasteiger partial charge on any atom is -0.493 e. The molecule has 0 radical (unpaired) electrons. The highest BCUT2D eigenvalue weighted by Gasteiger charge is 2.36. The van der Waals surface area contributed by atoms with Crippen molar-refractivity contribution in [3.05, 3.63) is 17.7 Å². The Bertz CT molecular complexity index is 743. The molecule has 6 nitrogen and oxygen atoms in total. The fourth-order valence-electron chi connectivity index (χ4n) is 4.44. The first-order chi connectivity index (χ1) is 13.6. The van der Waals surface area contributed by atoms with Crippen molar-refractivity contribution in [1.82, 2.24) is 4.90 Å². The van der Waals surface area contributed by atoms with Crippen LogP contribution in [0.2, 0.25) is 0 Å². The van der Waals surface area contributed by atoms with Gasteiger partial charge in [-0.15, -0.1) is 0 Å². The van der Waals surface area contributed by atoms with E-state index in [1.54, 1.807) is 26.4 Å². The fraction of sp³-hybridized carbons (Fsp3) is 0.619. The number of anilines is 1. The fourth-order valence-corrected chi connectivity index (χ4v) is 4.78. The number of aliphatic hydroxyl groups is 1. The first-order valence-corrected chi connectivity index (χ1v) is 10.4. The van der Waals surface area contributed by atoms with E-state index < -0.39 is 0 Å². The number of nitrogens with one attached hydrogen (secondary N) is 1. The van der Waals surface area contributed by atoms with E-state index in [9.17, 15) is 10.4 Å². The summed E-state index contributed by atoms with van der Waals surface area (Å²) in [6.45, 7) is 0.815. The summed E-state index contributed by atoms with van der Waals surface area (Å²) in [4.78, 5) is 2.11. The molecule has 3 rings (SSSR count). The van der Waals surface area contributed by atoms with Crippen molar-refractivity contribution >= 4 is 23.0 Å². The van der Waals surface area contributed by atoms with Crippen molar-refractivity contribution in [1.29, 1.82) is 5.26 Å². The summed E-state index contributed by atoms with van der Waals surface area (Å²) in [7, 11) is 3.10. The molecule has 1 heterocycles. The zero-order valence-corrected chi connectivity index (χ0v) is 17.4. The average molecular weight is 404 g/mol. The van der Waals surface area contributed by atoms with Crippen LogP contribution in [0.15, 0.2) is 12.1 Å². The van der Waals surface area contributed by atoms with Crippen LogP contribution in [0.4, 0.5) is 5.69 Å². The lowest BCUT2D eigenvalue weighted by atomic mass is 9.88. The zero-order valence-electron chi connectivity index (χ0n) is 16.6. The van der Waals surface area contributed by atoms with Gasteiger partial charge in [0.1, 0.15) is 6.07 Å². The van der Waals surface area contributed by atoms with Crippen LogP contribution in [0.1, 0.15) is 50.5 Å². The number of piperidine rings is 1. The molecule has 2 fully saturated rings. The van der Waals surface area contributed by atoms with Crippen LogP contribution in [0.3, 0.4) is 0 Å². The van der Waals surface area contributed by atoms with Gasteiger partial charge in [-0.05, 0) is 50.2 Å². The minimum absolute atomic E-state index is 0.0301. The van der Waals surface area contributed by atoms with Gasteiger partial charge in [0.15, 0.2) is 16.6 Å². The normalized spacial score (nSPS) is 21.1. The molecule has 1 aromatic rings. The van der Waals surface area contributed by atoms with Gasteiger partial charge in [0.05, 0.1) is 37.6 Å². The number of rotatable bonds is 5. The summed E-state index contributed by atoms with van der Waals surface area (Å²) in [6.07, 6.45) is 7.34. The third-order valence-corrected chi connectivity index (χ3v) is 6.31. The first kappa shape index (κ1) is 20.7. The van der Waals surface area contributed by atoms with Gasteiger partial charge in [-0.2, -0.15) is 5.26 Å². The average Bonchev–Trinajstić information content (AvgIpc) is 3.27. The van der Waals surface area contributed by atoms with Crippen molar-refractivity contribution in [2.75, 3.05) is 26.1 Å². The zero-order chi connectivity index (χ0) is 20.1. The second-order valence-corrected chi connectivity index (χ2v) is 7.97. The summed E-state index contributed by atoms with van der Waals surface area (Å²) < 4.78 is 10.6. The topological polar surface area (TPSA) is 77.8 Å². The molecule has 28 heavy (non-hydrogen) atoms. The Morgan fingerprint density at radius 3 is 2.46 bits per heavy atom. The van der Waals surface area contributed by atoms with Crippen LogP contribution in [0.5, 0.6) is 11.5 Å². The molecular formula is C21H29N3O3S. The molecule has 2 N–H and O–H groups in total. The minimum atomic E-state index is -0.358. The Morgan fingerprint density at radius 2 is 1.82 bits per heavy atom. The second-order valence-electron chi connectivity index (χ2n) is 7.59. The largest absolute Gasteiger partial charge is 0.493 e. The number of aliphatic hydroxyl groups excluding tert-OH is 1. The van der Waals surface area contributed by atoms with E-state index in [1.807, 2.05) is 0 Å². The molecule has 0 aromatic heterocycles. The summed E-state index contributed by atoms with van der Waals surface area (Å²) >= 11 is 5.70. The third-order valence-electron chi connectivity index (χ3n) is 5.97. The van der Waals surface area contributed by atoms with Gasteiger partial charge in [0.25, 0.3) is 0 Å². The van der Waals surface area contributed by atoms with Crippen molar-refractivity contribution in [2.24, 2.45) is 5.92 Å². The summed E-state index contributed by atoms with van der Waals surface area (Å²) in [5, 5.41) is 24.3. The van der Waals surface area contributed by atoms with Crippen molar-refractivity contribution in [3.8, 4) is 17.6 Å². The SMILES string of the molecule is COc1cc(C#N)c(NC(=S)N2CCCCC2C(O)C2CCCC2)cc1OC. The van der Waals surface area contributed by atoms with Crippen LogP contribution in [0, 0.1) is 17.2 Å². The predicted molar refractivity (Wildman–Crippen MR) is 113 cm³/mol. The number of nitrogens with zero attached hydrogens (tertiary/aromatic N) is 2. The molecule has 1 aliphatic heterocycles. The molecule has 1 aliphatic carbocycles. The molecule has 1 saturated heterocycles. The summed E-state index contributed by atoms with van der Waals surface area (Å²) in [5.41, 5.74) is 1.02. The number of benzene rings is 1. The number of likely N-dealkylation sites (tertiary alicyclic amines) is 1. The number of ether oxygens (including phenoxy) is 2. The highest BCUT2D eigenvalue weighted by Crippen LogP contribution is 2.35. The van der Waals surface area contributed by atoms with Gasteiger partial charge < -0.3 is 24.8 Å². The Balaban J connectivity index is 1.79. The maximum Gasteiger partial charge on any atom is 0.173 e. The maximum atomic E-state index is 11.0. The number of hydrogen-bond acceptors (Lipinski definition) is 5. The Hall–Kier alpha value is -2.04. The quantitative estimate of drug-likeness (QED) is 0.726. The van der Waals surface area contributed by atoms with Crippen LogP contribution in [0.25, 0.3) is 0 Å². The van der Waals surface area contributed by atoms with Gasteiger partial charge in [0.2, 0.25) is 0 Å². The maximum absolute atomic E-state index is 11.0. The lowest BCUT2D eigenvalue weighted by molar-refractivity contribution is 0.0229. The van der Waals surface area contributed by atoms with Crippen LogP contribution >= 0.6 is 12.2 Å². The summed E-state index contributed by atoms with van der Waals surface area (Å²) in [5.74, 6) is 1.40. The van der Waals surface area contributed by atoms with Crippen molar-refractivity contribution in [3.63, 3.8) is 0 Å². The second kappa shape index (κ2) is 9.44. The monoisotopic (exact) mass is 403 g/mol. The highest BCUT2D eigenvalue weighted by molar-refractivity contribution is 7.80. The van der Waals surface area contributed by atoms with Crippen LogP contribution < -0.4 is 14.8 Å². The lowest BCUT2D eigenvalue weighted by Crippen LogP contribution is -2.52. The highest BCUT2D eigenvalue weighted by atomic mass is 32.1. The molecule has 1 saturated carbocycles. The Labute approximate surface area is 172 Å². The molecule has 0 bridgehead atoms. The molecule has 2 aliphatic rings. The van der Waals surface area contributed by atoms with E-state index in [2.05, 4.69) is 16.3 Å². The van der Waals surface area contributed by atoms with E-state index in [0.717, 1.165) is 38.6 Å². The van der Waals surface area contributed by atoms with Crippen LogP contribution in [-0.4, -0.2) is 48.0 Å². The van der Waals surface area contributed by atoms with Crippen molar-refractivity contribution < 1.29 is 14.6 Å². The standard InChI is InChI=1S/C21H29N3O3S/c1-26-18-11-15(13-22)16(12-19(18)27-2)23-21(28)24-10-6-5-9-17(24)20(25)14-7-3-4-8-14/h11-12,14,17,20,25H,3-10H2,1-2H3,(H,23,28). The Morgan fingerprint density at radius 1 is 1.18 bits per heavy atom. The molecule has 2 atom stereocenters. The predicted octanol–water partition coefficient (Wildman–Crippen LogP) is 3.68. The van der Waals surface area contributed by atoms with Crippen LogP contribution in [-0.2, 0) is 0 Å². The van der Waals surface area contributed by atoms with E-state index >= 15 is 0 Å². The third kappa shape index (κ3) is 4.34. The summed E-state index contributed by atoms with van der Waals surface area (Å²) in [6, 6.07) is 5.59. The molecule has 0 amide bonds. The van der Waals surface area contributed by atoms with Gasteiger partial charge in [-0.1, -0.05) is 12.8 Å². The number of methoxy groups -OCH3 is 2. The molecular weight excluding hydrogens is 374 g/mol. The first-order valence-electron chi connectivity index (χ1n) is 10.0. The van der Waals surface area contributed by atoms with E-state index in [-0.39, 0.29) is 12.1 Å². The van der Waals surface area contributed by atoms with Gasteiger partial charge in [0, 0.05) is 18.7 Å². The molecule has 0 spiro atoms. The van der Waals surface area contributed by atoms with Gasteiger partial charge in [-0.25, -0.2) is 0 Å². The molecule has 1 aromatic carbocycles. The number of nitriles is 1. The van der Waals surface area contributed by atoms with E-state index in [1.165, 1.54) is 12.8 Å². The molecule has 152 valence electrons. The molecule has 2 unspecified atom stereocenters. The van der Waals surface area contributed by atoms with Crippen molar-refractivity contribution in [2.45, 2.75) is 57.1 Å². The van der Waals surface area contributed by atoms with Gasteiger partial charge >= 0.3 is 0 Å². The number of hydrogen-bond donors (Lipinski definition) is 2. The van der Waals surface area contributed by atoms with Gasteiger partial charge in [-0.3, -0.25) is 0 Å². The number of thiocarbonyl (C=S) groups is 1. The Kier molecular flexibility index (Phi) is 6.97. The van der Waals surface area contributed by atoms with E-state index in [0.29, 0.717) is 33.8 Å².